The minimum Gasteiger partial charge on any atom is -0.477 e. The summed E-state index contributed by atoms with van der Waals surface area (Å²) in [5.74, 6) is -4.26. The second-order valence-electron chi connectivity index (χ2n) is 8.08. The van der Waals surface area contributed by atoms with Gasteiger partial charge in [-0.15, -0.1) is 16.9 Å². The number of fused-ring (bicyclic) bond motifs is 1. The molecule has 3 heterocycles. The smallest absolute Gasteiger partial charge is 0.471 e. The molecule has 2 aliphatic rings. The Bertz CT molecular complexity index is 1320. The minimum absolute atomic E-state index is 0.149. The van der Waals surface area contributed by atoms with E-state index in [-0.39, 0.29) is 28.5 Å². The van der Waals surface area contributed by atoms with Crippen molar-refractivity contribution in [1.29, 1.82) is 0 Å². The van der Waals surface area contributed by atoms with Crippen LogP contribution in [0, 0.1) is 0 Å². The summed E-state index contributed by atoms with van der Waals surface area (Å²) in [5.41, 5.74) is 6.37. The summed E-state index contributed by atoms with van der Waals surface area (Å²) in [6.07, 6.45) is -5.06. The molecule has 3 amide bonds. The highest BCUT2D eigenvalue weighted by Gasteiger charge is 2.54. The number of benzene rings is 1. The van der Waals surface area contributed by atoms with E-state index < -0.39 is 47.3 Å². The van der Waals surface area contributed by atoms with E-state index in [1.807, 2.05) is 0 Å². The van der Waals surface area contributed by atoms with Crippen molar-refractivity contribution in [2.45, 2.75) is 28.8 Å². The zero-order valence-electron chi connectivity index (χ0n) is 19.3. The lowest BCUT2D eigenvalue weighted by molar-refractivity contribution is -0.167. The summed E-state index contributed by atoms with van der Waals surface area (Å²) in [6, 6.07) is 2.54. The zero-order valence-corrected chi connectivity index (χ0v) is 20.9. The molecule has 38 heavy (non-hydrogen) atoms. The van der Waals surface area contributed by atoms with Crippen molar-refractivity contribution < 1.29 is 37.5 Å². The molecule has 202 valence electrons. The number of carboxylic acid groups (broad SMARTS) is 1. The van der Waals surface area contributed by atoms with Gasteiger partial charge < -0.3 is 21.5 Å². The number of alkyl halides is 3. The average molecular weight is 573 g/mol. The topological polar surface area (TPSA) is 185 Å². The lowest BCUT2D eigenvalue weighted by Crippen LogP contribution is -2.71. The summed E-state index contributed by atoms with van der Waals surface area (Å²) in [6.45, 7) is 0. The Balaban J connectivity index is 1.39. The Labute approximate surface area is 220 Å². The van der Waals surface area contributed by atoms with Crippen LogP contribution < -0.4 is 16.4 Å². The third-order valence-electron chi connectivity index (χ3n) is 5.57. The molecule has 0 spiro atoms. The third kappa shape index (κ3) is 5.46. The SMILES string of the molecule is Cn1nnnc1SCC1=C(C(=O)O)N2C(=O)C(NC(=O)C(N)c3ccc(NC(=O)C(F)(F)F)cc3)[C@H]2SC1. The number of β-lactam (4-membered cyclic amide) rings is 1. The average Bonchev–Trinajstić information content (AvgIpc) is 3.28. The van der Waals surface area contributed by atoms with Gasteiger partial charge in [0, 0.05) is 24.2 Å². The number of carboxylic acids is 1. The highest BCUT2D eigenvalue weighted by Crippen LogP contribution is 2.41. The maximum absolute atomic E-state index is 12.9. The standard InChI is InChI=1S/C20H19F3N8O5S2/c1-30-19(27-28-29-30)38-7-9-6-37-16-12(15(33)31(16)13(9)17(34)35)26-14(32)11(24)8-2-4-10(5-3-8)25-18(36)20(21,22)23/h2-5,11-12,16H,6-7,24H2,1H3,(H,25,36)(H,26,32)(H,34,35)/t11?,12?,16-/m1/s1. The van der Waals surface area contributed by atoms with Gasteiger partial charge >= 0.3 is 18.1 Å². The van der Waals surface area contributed by atoms with Crippen LogP contribution in [0.4, 0.5) is 18.9 Å². The number of hydrogen-bond donors (Lipinski definition) is 4. The molecule has 13 nitrogen and oxygen atoms in total. The number of carbonyl (C=O) groups is 4. The second kappa shape index (κ2) is 10.6. The van der Waals surface area contributed by atoms with E-state index in [0.717, 1.165) is 17.0 Å². The van der Waals surface area contributed by atoms with Crippen molar-refractivity contribution in [2.75, 3.05) is 16.8 Å². The minimum atomic E-state index is -5.06. The van der Waals surface area contributed by atoms with E-state index in [4.69, 9.17) is 5.73 Å². The summed E-state index contributed by atoms with van der Waals surface area (Å²) in [4.78, 5) is 49.7. The maximum atomic E-state index is 12.9. The highest BCUT2D eigenvalue weighted by atomic mass is 32.2. The van der Waals surface area contributed by atoms with E-state index in [1.165, 1.54) is 40.3 Å². The number of nitrogens with one attached hydrogen (secondary N) is 2. The molecule has 1 fully saturated rings. The number of amides is 3. The zero-order chi connectivity index (χ0) is 27.8. The third-order valence-corrected chi connectivity index (χ3v) is 8.01. The Morgan fingerprint density at radius 1 is 1.29 bits per heavy atom. The van der Waals surface area contributed by atoms with Crippen molar-refractivity contribution in [1.82, 2.24) is 30.4 Å². The van der Waals surface area contributed by atoms with E-state index >= 15 is 0 Å². The number of anilines is 1. The van der Waals surface area contributed by atoms with Gasteiger partial charge in [-0.05, 0) is 33.7 Å². The fourth-order valence-corrected chi connectivity index (χ4v) is 5.99. The van der Waals surface area contributed by atoms with Crippen molar-refractivity contribution >= 4 is 52.9 Å². The van der Waals surface area contributed by atoms with Crippen LogP contribution in [-0.2, 0) is 26.2 Å². The summed E-state index contributed by atoms with van der Waals surface area (Å²) >= 11 is 2.50. The van der Waals surface area contributed by atoms with Crippen LogP contribution in [0.15, 0.2) is 40.7 Å². The van der Waals surface area contributed by atoms with Gasteiger partial charge in [0.2, 0.25) is 11.1 Å². The molecule has 5 N–H and O–H groups in total. The van der Waals surface area contributed by atoms with E-state index in [2.05, 4.69) is 20.8 Å². The molecule has 4 rings (SSSR count). The molecular formula is C20H19F3N8O5S2. The lowest BCUT2D eigenvalue weighted by Gasteiger charge is -2.49. The van der Waals surface area contributed by atoms with E-state index in [9.17, 15) is 37.5 Å². The Kier molecular flexibility index (Phi) is 7.65. The first-order chi connectivity index (χ1) is 17.9. The Morgan fingerprint density at radius 3 is 2.55 bits per heavy atom. The fraction of sp³-hybridized carbons (Fsp3) is 0.350. The van der Waals surface area contributed by atoms with Crippen LogP contribution in [0.2, 0.25) is 0 Å². The number of rotatable bonds is 8. The van der Waals surface area contributed by atoms with Crippen LogP contribution >= 0.6 is 23.5 Å². The van der Waals surface area contributed by atoms with Gasteiger partial charge in [-0.1, -0.05) is 23.9 Å². The molecule has 0 radical (unpaired) electrons. The number of carbonyl (C=O) groups excluding carboxylic acids is 3. The highest BCUT2D eigenvalue weighted by molar-refractivity contribution is 8.01. The molecular weight excluding hydrogens is 553 g/mol. The van der Waals surface area contributed by atoms with Crippen molar-refractivity contribution in [3.63, 3.8) is 0 Å². The molecule has 1 aromatic carbocycles. The predicted octanol–water partition coefficient (Wildman–Crippen LogP) is 0.242. The molecule has 0 aliphatic carbocycles. The van der Waals surface area contributed by atoms with Crippen LogP contribution in [0.5, 0.6) is 0 Å². The second-order valence-corrected chi connectivity index (χ2v) is 10.1. The summed E-state index contributed by atoms with van der Waals surface area (Å²) in [5, 5.41) is 24.8. The van der Waals surface area contributed by atoms with E-state index in [1.54, 1.807) is 12.4 Å². The van der Waals surface area contributed by atoms with Crippen LogP contribution in [0.1, 0.15) is 11.6 Å². The number of aromatic nitrogens is 4. The van der Waals surface area contributed by atoms with E-state index in [0.29, 0.717) is 10.7 Å². The maximum Gasteiger partial charge on any atom is 0.471 e. The number of tetrazole rings is 1. The van der Waals surface area contributed by atoms with Crippen molar-refractivity contribution in [3.05, 3.63) is 41.1 Å². The number of aryl methyl sites for hydroxylation is 1. The van der Waals surface area contributed by atoms with Gasteiger partial charge in [-0.3, -0.25) is 19.3 Å². The van der Waals surface area contributed by atoms with Crippen LogP contribution in [-0.4, -0.2) is 83.0 Å². The molecule has 0 saturated carbocycles. The van der Waals surface area contributed by atoms with Crippen molar-refractivity contribution in [2.24, 2.45) is 12.8 Å². The molecule has 2 aromatic rings. The van der Waals surface area contributed by atoms with Gasteiger partial charge in [0.1, 0.15) is 23.2 Å². The normalized spacial score (nSPS) is 19.9. The van der Waals surface area contributed by atoms with Gasteiger partial charge in [-0.25, -0.2) is 9.48 Å². The molecule has 18 heteroatoms. The quantitative estimate of drug-likeness (QED) is 0.251. The molecule has 3 atom stereocenters. The largest absolute Gasteiger partial charge is 0.477 e. The van der Waals surface area contributed by atoms with Gasteiger partial charge in [0.25, 0.3) is 5.91 Å². The number of aliphatic carboxylic acids is 1. The molecule has 1 aromatic heterocycles. The van der Waals surface area contributed by atoms with Crippen molar-refractivity contribution in [3.8, 4) is 0 Å². The number of halogens is 3. The molecule has 2 unspecified atom stereocenters. The fourth-order valence-electron chi connectivity index (χ4n) is 3.66. The monoisotopic (exact) mass is 572 g/mol. The lowest BCUT2D eigenvalue weighted by atomic mass is 10.0. The molecule has 2 aliphatic heterocycles. The first-order valence-corrected chi connectivity index (χ1v) is 12.7. The van der Waals surface area contributed by atoms with Crippen LogP contribution in [0.3, 0.4) is 0 Å². The van der Waals surface area contributed by atoms with Gasteiger partial charge in [0.15, 0.2) is 0 Å². The summed E-state index contributed by atoms with van der Waals surface area (Å²) in [7, 11) is 1.64. The Morgan fingerprint density at radius 2 is 1.97 bits per heavy atom. The summed E-state index contributed by atoms with van der Waals surface area (Å²) < 4.78 is 38.6. The van der Waals surface area contributed by atoms with Crippen LogP contribution in [0.25, 0.3) is 0 Å². The predicted molar refractivity (Wildman–Crippen MR) is 127 cm³/mol. The number of nitrogens with two attached hydrogens (primary N) is 1. The first-order valence-electron chi connectivity index (χ1n) is 10.7. The number of nitrogens with zero attached hydrogens (tertiary/aromatic N) is 5. The number of thioether (sulfide) groups is 2. The number of hydrogen-bond acceptors (Lipinski definition) is 10. The van der Waals surface area contributed by atoms with Gasteiger partial charge in [0.05, 0.1) is 0 Å². The molecule has 0 bridgehead atoms. The Hall–Kier alpha value is -3.64. The first kappa shape index (κ1) is 27.4. The molecule has 1 saturated heterocycles. The van der Waals surface area contributed by atoms with Gasteiger partial charge in [-0.2, -0.15) is 13.2 Å².